The van der Waals surface area contributed by atoms with Crippen molar-refractivity contribution in [3.05, 3.63) is 24.3 Å². The molecule has 1 nitrogen and oxygen atoms in total. The molecule has 4 bridgehead atoms. The van der Waals surface area contributed by atoms with Crippen molar-refractivity contribution in [3.63, 3.8) is 0 Å². The molecule has 0 spiro atoms. The van der Waals surface area contributed by atoms with Gasteiger partial charge in [-0.1, -0.05) is 24.3 Å². The summed E-state index contributed by atoms with van der Waals surface area (Å²) in [6.07, 6.45) is 18.4. The van der Waals surface area contributed by atoms with E-state index in [9.17, 15) is 0 Å². The van der Waals surface area contributed by atoms with Gasteiger partial charge in [0, 0.05) is 7.11 Å². The Morgan fingerprint density at radius 1 is 0.625 bits per heavy atom. The summed E-state index contributed by atoms with van der Waals surface area (Å²) in [6, 6.07) is 0. The van der Waals surface area contributed by atoms with Crippen LogP contribution in [0.25, 0.3) is 0 Å². The largest absolute Gasteiger partial charge is 0.400 e. The average Bonchev–Trinajstić information content (AvgIpc) is 3.14. The molecular weight excluding hydrogens is 196 g/mol. The SMILES string of the molecule is C1=CC2CCC1C2.C1=CC2CCC1C2.CO. The highest BCUT2D eigenvalue weighted by atomic mass is 16.2. The molecule has 0 heterocycles. The van der Waals surface area contributed by atoms with Crippen molar-refractivity contribution >= 4 is 0 Å². The third-order valence-electron chi connectivity index (χ3n) is 4.34. The van der Waals surface area contributed by atoms with Crippen molar-refractivity contribution in [1.29, 1.82) is 0 Å². The van der Waals surface area contributed by atoms with Crippen molar-refractivity contribution in [1.82, 2.24) is 0 Å². The monoisotopic (exact) mass is 220 g/mol. The molecule has 2 saturated carbocycles. The fraction of sp³-hybridized carbons (Fsp3) is 0.733. The number of rotatable bonds is 0. The van der Waals surface area contributed by atoms with Crippen LogP contribution in [-0.2, 0) is 0 Å². The van der Waals surface area contributed by atoms with Crippen molar-refractivity contribution in [2.45, 2.75) is 38.5 Å². The molecule has 4 unspecified atom stereocenters. The minimum atomic E-state index is 0.991. The van der Waals surface area contributed by atoms with Crippen LogP contribution in [0.2, 0.25) is 0 Å². The first-order valence-corrected chi connectivity index (χ1v) is 6.71. The molecule has 0 aliphatic heterocycles. The summed E-state index contributed by atoms with van der Waals surface area (Å²) in [5, 5.41) is 7.00. The lowest BCUT2D eigenvalue weighted by molar-refractivity contribution is 0.399. The summed E-state index contributed by atoms with van der Waals surface area (Å²) in [5.74, 6) is 3.96. The van der Waals surface area contributed by atoms with Gasteiger partial charge in [0.1, 0.15) is 0 Å². The van der Waals surface area contributed by atoms with E-state index >= 15 is 0 Å². The third kappa shape index (κ3) is 2.76. The fourth-order valence-corrected chi connectivity index (χ4v) is 3.43. The Kier molecular flexibility index (Phi) is 4.22. The normalized spacial score (nSPS) is 40.4. The summed E-state index contributed by atoms with van der Waals surface area (Å²) in [5.41, 5.74) is 0. The van der Waals surface area contributed by atoms with E-state index < -0.39 is 0 Å². The Balaban J connectivity index is 0.000000105. The third-order valence-corrected chi connectivity index (χ3v) is 4.34. The van der Waals surface area contributed by atoms with Crippen LogP contribution >= 0.6 is 0 Å². The zero-order chi connectivity index (χ0) is 11.4. The minimum Gasteiger partial charge on any atom is -0.400 e. The standard InChI is InChI=1S/2C7H10.CH4O/c2*1-2-7-4-3-6(1)5-7;1-2/h2*1-2,6-7H,3-5H2;2H,1H3. The summed E-state index contributed by atoms with van der Waals surface area (Å²) < 4.78 is 0. The molecular formula is C15H24O. The van der Waals surface area contributed by atoms with E-state index in [4.69, 9.17) is 5.11 Å². The molecule has 4 aliphatic carbocycles. The van der Waals surface area contributed by atoms with Crippen LogP contribution < -0.4 is 0 Å². The van der Waals surface area contributed by atoms with Crippen LogP contribution in [0.3, 0.4) is 0 Å². The molecule has 4 atom stereocenters. The molecule has 4 aliphatic rings. The number of hydrogen-bond donors (Lipinski definition) is 1. The Morgan fingerprint density at radius 3 is 0.938 bits per heavy atom. The summed E-state index contributed by atoms with van der Waals surface area (Å²) in [6.45, 7) is 0. The Labute approximate surface area is 99.3 Å². The quantitative estimate of drug-likeness (QED) is 0.619. The van der Waals surface area contributed by atoms with Crippen molar-refractivity contribution in [2.24, 2.45) is 23.7 Å². The maximum absolute atomic E-state index is 7.00. The zero-order valence-electron chi connectivity index (χ0n) is 10.3. The molecule has 0 amide bonds. The van der Waals surface area contributed by atoms with Gasteiger partial charge in [-0.3, -0.25) is 0 Å². The second-order valence-electron chi connectivity index (χ2n) is 5.44. The second-order valence-corrected chi connectivity index (χ2v) is 5.44. The predicted molar refractivity (Wildman–Crippen MR) is 68.1 cm³/mol. The van der Waals surface area contributed by atoms with E-state index in [2.05, 4.69) is 24.3 Å². The Morgan fingerprint density at radius 2 is 0.875 bits per heavy atom. The molecule has 0 radical (unpaired) electrons. The topological polar surface area (TPSA) is 20.2 Å². The number of fused-ring (bicyclic) bond motifs is 4. The summed E-state index contributed by atoms with van der Waals surface area (Å²) >= 11 is 0. The molecule has 1 N–H and O–H groups in total. The van der Waals surface area contributed by atoms with E-state index in [1.54, 1.807) is 0 Å². The average molecular weight is 220 g/mol. The van der Waals surface area contributed by atoms with Gasteiger partial charge in [0.2, 0.25) is 0 Å². The van der Waals surface area contributed by atoms with E-state index in [1.165, 1.54) is 38.5 Å². The van der Waals surface area contributed by atoms with Gasteiger partial charge in [-0.2, -0.15) is 0 Å². The van der Waals surface area contributed by atoms with Gasteiger partial charge < -0.3 is 5.11 Å². The molecule has 0 aromatic rings. The van der Waals surface area contributed by atoms with E-state index in [0.717, 1.165) is 30.8 Å². The first-order chi connectivity index (χ1) is 7.90. The molecule has 0 saturated heterocycles. The number of aliphatic hydroxyl groups excluding tert-OH is 1. The predicted octanol–water partition coefficient (Wildman–Crippen LogP) is 3.55. The van der Waals surface area contributed by atoms with Gasteiger partial charge in [0.15, 0.2) is 0 Å². The first-order valence-electron chi connectivity index (χ1n) is 6.71. The van der Waals surface area contributed by atoms with Gasteiger partial charge in [0.25, 0.3) is 0 Å². The van der Waals surface area contributed by atoms with E-state index in [1.807, 2.05) is 0 Å². The molecule has 90 valence electrons. The smallest absolute Gasteiger partial charge is 0.0319 e. The number of hydrogen-bond acceptors (Lipinski definition) is 1. The van der Waals surface area contributed by atoms with Crippen LogP contribution in [0.4, 0.5) is 0 Å². The van der Waals surface area contributed by atoms with Gasteiger partial charge in [-0.05, 0) is 62.2 Å². The Bertz CT molecular complexity index is 215. The maximum atomic E-state index is 7.00. The second kappa shape index (κ2) is 5.67. The van der Waals surface area contributed by atoms with Gasteiger partial charge in [-0.25, -0.2) is 0 Å². The van der Waals surface area contributed by atoms with Crippen LogP contribution in [0, 0.1) is 23.7 Å². The van der Waals surface area contributed by atoms with Crippen LogP contribution in [0.15, 0.2) is 24.3 Å². The minimum absolute atomic E-state index is 0.991. The zero-order valence-corrected chi connectivity index (χ0v) is 10.3. The molecule has 1 heteroatoms. The van der Waals surface area contributed by atoms with E-state index in [0.29, 0.717) is 0 Å². The maximum Gasteiger partial charge on any atom is 0.0319 e. The lowest BCUT2D eigenvalue weighted by Gasteiger charge is -1.96. The van der Waals surface area contributed by atoms with Crippen LogP contribution in [0.5, 0.6) is 0 Å². The van der Waals surface area contributed by atoms with E-state index in [-0.39, 0.29) is 0 Å². The first kappa shape index (κ1) is 11.9. The van der Waals surface area contributed by atoms with Crippen molar-refractivity contribution in [3.8, 4) is 0 Å². The molecule has 4 rings (SSSR count). The highest BCUT2D eigenvalue weighted by Gasteiger charge is 2.25. The summed E-state index contributed by atoms with van der Waals surface area (Å²) in [4.78, 5) is 0. The molecule has 16 heavy (non-hydrogen) atoms. The highest BCUT2D eigenvalue weighted by Crippen LogP contribution is 2.38. The lowest BCUT2D eigenvalue weighted by atomic mass is 10.1. The van der Waals surface area contributed by atoms with Gasteiger partial charge in [-0.15, -0.1) is 0 Å². The molecule has 2 fully saturated rings. The molecule has 0 aromatic carbocycles. The fourth-order valence-electron chi connectivity index (χ4n) is 3.43. The number of allylic oxidation sites excluding steroid dienone is 4. The number of aliphatic hydroxyl groups is 1. The van der Waals surface area contributed by atoms with Crippen molar-refractivity contribution in [2.75, 3.05) is 7.11 Å². The summed E-state index contributed by atoms with van der Waals surface area (Å²) in [7, 11) is 1.00. The van der Waals surface area contributed by atoms with Gasteiger partial charge >= 0.3 is 0 Å². The highest BCUT2D eigenvalue weighted by molar-refractivity contribution is 5.07. The van der Waals surface area contributed by atoms with Crippen LogP contribution in [0.1, 0.15) is 38.5 Å². The van der Waals surface area contributed by atoms with Crippen molar-refractivity contribution < 1.29 is 5.11 Å². The Hall–Kier alpha value is -0.560. The van der Waals surface area contributed by atoms with Crippen LogP contribution in [-0.4, -0.2) is 12.2 Å². The molecule has 0 aromatic heterocycles. The van der Waals surface area contributed by atoms with Gasteiger partial charge in [0.05, 0.1) is 0 Å². The lowest BCUT2D eigenvalue weighted by Crippen LogP contribution is -1.82.